The normalized spacial score (nSPS) is 29.2. The number of ether oxygens (including phenoxy) is 1. The van der Waals surface area contributed by atoms with Gasteiger partial charge in [-0.1, -0.05) is 32.0 Å². The molecule has 7 heteroatoms. The Balaban J connectivity index is 1.74. The number of hydrogen-bond acceptors (Lipinski definition) is 3. The first-order valence-electron chi connectivity index (χ1n) is 12.3. The Bertz CT molecular complexity index is 909. The fraction of sp³-hybridized carbons (Fsp3) is 0.692. The second-order valence-corrected chi connectivity index (χ2v) is 10.8. The molecule has 2 aliphatic carbocycles. The summed E-state index contributed by atoms with van der Waals surface area (Å²) in [5, 5.41) is 2.96. The van der Waals surface area contributed by atoms with Gasteiger partial charge in [-0.25, -0.2) is 13.6 Å². The monoisotopic (exact) mass is 462 g/mol. The molecule has 1 atom stereocenters. The van der Waals surface area contributed by atoms with Crippen molar-refractivity contribution in [2.45, 2.75) is 96.8 Å². The molecule has 2 spiro atoms. The minimum absolute atomic E-state index is 0.113. The maximum atomic E-state index is 13.8. The lowest BCUT2D eigenvalue weighted by Crippen LogP contribution is -2.57. The number of aryl methyl sites for hydroxylation is 1. The number of carbonyl (C=O) groups is 2. The van der Waals surface area contributed by atoms with Gasteiger partial charge >= 0.3 is 6.03 Å². The predicted octanol–water partition coefficient (Wildman–Crippen LogP) is 5.20. The van der Waals surface area contributed by atoms with Gasteiger partial charge in [-0.2, -0.15) is 0 Å². The molecular weight excluding hydrogens is 426 g/mol. The second-order valence-electron chi connectivity index (χ2n) is 10.8. The van der Waals surface area contributed by atoms with Gasteiger partial charge < -0.3 is 10.1 Å². The fourth-order valence-electron chi connectivity index (χ4n) is 6.16. The number of rotatable bonds is 7. The third-order valence-corrected chi connectivity index (χ3v) is 7.69. The molecule has 3 aliphatic rings. The number of imide groups is 1. The number of fused-ring (bicyclic) bond motifs is 3. The summed E-state index contributed by atoms with van der Waals surface area (Å²) in [6, 6.07) is 5.53. The molecule has 0 bridgehead atoms. The Hall–Kier alpha value is -2.02. The van der Waals surface area contributed by atoms with Gasteiger partial charge in [0.2, 0.25) is 0 Å². The lowest BCUT2D eigenvalue weighted by Gasteiger charge is -2.46. The number of alkyl halides is 2. The topological polar surface area (TPSA) is 58.6 Å². The molecule has 1 N–H and O–H groups in total. The maximum absolute atomic E-state index is 13.8. The van der Waals surface area contributed by atoms with E-state index in [1.807, 2.05) is 19.9 Å². The summed E-state index contributed by atoms with van der Waals surface area (Å²) in [7, 11) is 0. The van der Waals surface area contributed by atoms with Crippen LogP contribution in [-0.4, -0.2) is 42.0 Å². The molecule has 1 saturated heterocycles. The van der Waals surface area contributed by atoms with E-state index in [0.717, 1.165) is 47.3 Å². The van der Waals surface area contributed by atoms with Crippen LogP contribution in [0.25, 0.3) is 0 Å². The van der Waals surface area contributed by atoms with E-state index >= 15 is 0 Å². The van der Waals surface area contributed by atoms with Gasteiger partial charge in [-0.3, -0.25) is 9.69 Å². The average Bonchev–Trinajstić information content (AvgIpc) is 3.14. The van der Waals surface area contributed by atoms with Crippen molar-refractivity contribution in [2.24, 2.45) is 11.3 Å². The molecule has 33 heavy (non-hydrogen) atoms. The molecular formula is C26H36F2N2O3. The molecule has 0 aromatic heterocycles. The molecule has 1 aliphatic heterocycles. The van der Waals surface area contributed by atoms with E-state index < -0.39 is 35.9 Å². The van der Waals surface area contributed by atoms with Crippen LogP contribution < -0.4 is 5.32 Å². The van der Waals surface area contributed by atoms with E-state index in [4.69, 9.17) is 4.74 Å². The third-order valence-electron chi connectivity index (χ3n) is 7.69. The molecule has 2 fully saturated rings. The summed E-state index contributed by atoms with van der Waals surface area (Å²) in [4.78, 5) is 27.4. The SMILES string of the molecule is CC(C)CCc1ccc2c(c1)C1(NC(=O)N(CC(F)F)C1=O)C1(CCC(OC(C)C)CC1)C2. The minimum Gasteiger partial charge on any atom is -0.376 e. The van der Waals surface area contributed by atoms with Crippen LogP contribution in [0.5, 0.6) is 0 Å². The first kappa shape index (κ1) is 24.1. The van der Waals surface area contributed by atoms with Crippen molar-refractivity contribution < 1.29 is 23.1 Å². The number of hydrogen-bond donors (Lipinski definition) is 1. The van der Waals surface area contributed by atoms with Gasteiger partial charge in [-0.05, 0) is 81.4 Å². The van der Waals surface area contributed by atoms with Gasteiger partial charge in [0.25, 0.3) is 12.3 Å². The van der Waals surface area contributed by atoms with Crippen LogP contribution in [0, 0.1) is 11.3 Å². The molecule has 0 radical (unpaired) electrons. The lowest BCUT2D eigenvalue weighted by atomic mass is 9.61. The van der Waals surface area contributed by atoms with Gasteiger partial charge in [-0.15, -0.1) is 0 Å². The maximum Gasteiger partial charge on any atom is 0.325 e. The molecule has 1 heterocycles. The summed E-state index contributed by atoms with van der Waals surface area (Å²) in [6.45, 7) is 7.50. The van der Waals surface area contributed by atoms with E-state index in [0.29, 0.717) is 25.2 Å². The Kier molecular flexibility index (Phi) is 6.56. The molecule has 1 aromatic rings. The molecule has 182 valence electrons. The minimum atomic E-state index is -2.76. The van der Waals surface area contributed by atoms with Crippen LogP contribution in [0.4, 0.5) is 13.6 Å². The Morgan fingerprint density at radius 1 is 1.15 bits per heavy atom. The zero-order valence-corrected chi connectivity index (χ0v) is 20.1. The van der Waals surface area contributed by atoms with Crippen molar-refractivity contribution in [3.8, 4) is 0 Å². The summed E-state index contributed by atoms with van der Waals surface area (Å²) >= 11 is 0. The summed E-state index contributed by atoms with van der Waals surface area (Å²) in [5.41, 5.74) is 1.17. The molecule has 1 unspecified atom stereocenters. The number of benzene rings is 1. The number of nitrogens with zero attached hydrogens (tertiary/aromatic N) is 1. The highest BCUT2D eigenvalue weighted by Gasteiger charge is 2.68. The van der Waals surface area contributed by atoms with Crippen LogP contribution in [0.1, 0.15) is 76.5 Å². The quantitative estimate of drug-likeness (QED) is 0.567. The zero-order valence-electron chi connectivity index (χ0n) is 20.1. The van der Waals surface area contributed by atoms with E-state index in [2.05, 4.69) is 31.3 Å². The van der Waals surface area contributed by atoms with Crippen molar-refractivity contribution in [1.82, 2.24) is 10.2 Å². The number of halogens is 2. The first-order valence-corrected chi connectivity index (χ1v) is 12.3. The number of carbonyl (C=O) groups excluding carboxylic acids is 2. The first-order chi connectivity index (χ1) is 15.6. The van der Waals surface area contributed by atoms with Gasteiger partial charge in [0.05, 0.1) is 18.8 Å². The van der Waals surface area contributed by atoms with Crippen molar-refractivity contribution >= 4 is 11.9 Å². The third kappa shape index (κ3) is 4.17. The summed E-state index contributed by atoms with van der Waals surface area (Å²) < 4.78 is 32.6. The molecule has 1 saturated carbocycles. The molecule has 4 rings (SSSR count). The van der Waals surface area contributed by atoms with Gasteiger partial charge in [0.15, 0.2) is 5.54 Å². The summed E-state index contributed by atoms with van der Waals surface area (Å²) in [6.07, 6.45) is 3.00. The highest BCUT2D eigenvalue weighted by Crippen LogP contribution is 2.60. The average molecular weight is 463 g/mol. The van der Waals surface area contributed by atoms with E-state index in [9.17, 15) is 18.4 Å². The van der Waals surface area contributed by atoms with Crippen molar-refractivity contribution in [3.05, 3.63) is 34.9 Å². The van der Waals surface area contributed by atoms with Gasteiger partial charge in [0, 0.05) is 5.41 Å². The highest BCUT2D eigenvalue weighted by molar-refractivity contribution is 6.09. The number of nitrogens with one attached hydrogen (secondary N) is 1. The van der Waals surface area contributed by atoms with Crippen LogP contribution in [0.2, 0.25) is 0 Å². The molecule has 3 amide bonds. The molecule has 1 aromatic carbocycles. The number of urea groups is 1. The second kappa shape index (κ2) is 8.97. The van der Waals surface area contributed by atoms with Crippen molar-refractivity contribution in [3.63, 3.8) is 0 Å². The summed E-state index contributed by atoms with van der Waals surface area (Å²) in [5.74, 6) is 0.0277. The van der Waals surface area contributed by atoms with Crippen molar-refractivity contribution in [1.29, 1.82) is 0 Å². The Labute approximate surface area is 195 Å². The van der Waals surface area contributed by atoms with Crippen LogP contribution in [0.3, 0.4) is 0 Å². The fourth-order valence-corrected chi connectivity index (χ4v) is 6.16. The number of amides is 3. The van der Waals surface area contributed by atoms with Crippen LogP contribution in [0.15, 0.2) is 18.2 Å². The largest absolute Gasteiger partial charge is 0.376 e. The van der Waals surface area contributed by atoms with Crippen LogP contribution >= 0.6 is 0 Å². The van der Waals surface area contributed by atoms with Gasteiger partial charge in [0.1, 0.15) is 0 Å². The highest BCUT2D eigenvalue weighted by atomic mass is 19.3. The predicted molar refractivity (Wildman–Crippen MR) is 122 cm³/mol. The van der Waals surface area contributed by atoms with E-state index in [1.165, 1.54) is 0 Å². The Morgan fingerprint density at radius 2 is 1.85 bits per heavy atom. The van der Waals surface area contributed by atoms with E-state index in [-0.39, 0.29) is 12.2 Å². The zero-order chi connectivity index (χ0) is 24.0. The standard InChI is InChI=1S/C26H36F2N2O3/c1-16(2)5-6-18-7-8-19-14-25(11-9-20(10-12-25)33-17(3)4)26(21(19)13-18)23(31)30(15-22(27)28)24(32)29-26/h7-8,13,16-17,20,22H,5-6,9-12,14-15H2,1-4H3,(H,29,32). The van der Waals surface area contributed by atoms with Crippen molar-refractivity contribution in [2.75, 3.05) is 6.54 Å². The van der Waals surface area contributed by atoms with E-state index in [1.54, 1.807) is 0 Å². The Morgan fingerprint density at radius 3 is 2.45 bits per heavy atom. The molecule has 5 nitrogen and oxygen atoms in total. The lowest BCUT2D eigenvalue weighted by molar-refractivity contribution is -0.140. The van der Waals surface area contributed by atoms with Crippen LogP contribution in [-0.2, 0) is 27.9 Å². The smallest absolute Gasteiger partial charge is 0.325 e.